The highest BCUT2D eigenvalue weighted by Crippen LogP contribution is 2.25. The number of hydrogen-bond acceptors (Lipinski definition) is 3. The van der Waals surface area contributed by atoms with Gasteiger partial charge in [-0.3, -0.25) is 9.79 Å². The number of nitrogens with one attached hydrogen (secondary N) is 1. The van der Waals surface area contributed by atoms with Crippen molar-refractivity contribution in [2.24, 2.45) is 4.99 Å². The van der Waals surface area contributed by atoms with Crippen LogP contribution in [0.25, 0.3) is 16.7 Å². The van der Waals surface area contributed by atoms with Gasteiger partial charge in [0, 0.05) is 18.3 Å². The lowest BCUT2D eigenvalue weighted by atomic mass is 10.0. The zero-order valence-electron chi connectivity index (χ0n) is 15.5. The number of benzene rings is 2. The van der Waals surface area contributed by atoms with Gasteiger partial charge in [0.2, 0.25) is 5.91 Å². The van der Waals surface area contributed by atoms with E-state index in [4.69, 9.17) is 0 Å². The first-order valence-corrected chi connectivity index (χ1v) is 9.20. The van der Waals surface area contributed by atoms with Crippen LogP contribution in [0.4, 0.5) is 5.69 Å². The summed E-state index contributed by atoms with van der Waals surface area (Å²) in [4.78, 5) is 21.8. The average Bonchev–Trinajstić information content (AvgIpc) is 3.30. The molecule has 5 heteroatoms. The van der Waals surface area contributed by atoms with Gasteiger partial charge in [-0.2, -0.15) is 0 Å². The molecule has 2 aromatic carbocycles. The maximum Gasteiger partial charge on any atom is 0.244 e. The minimum atomic E-state index is -0.0840. The number of carbonyl (C=O) groups is 1. The molecule has 0 radical (unpaired) electrons. The van der Waals surface area contributed by atoms with Crippen LogP contribution in [-0.2, 0) is 11.3 Å². The Labute approximate surface area is 158 Å². The fourth-order valence-electron chi connectivity index (χ4n) is 3.24. The van der Waals surface area contributed by atoms with Crippen LogP contribution in [0.1, 0.15) is 37.6 Å². The summed E-state index contributed by atoms with van der Waals surface area (Å²) < 4.78 is 1.93. The maximum atomic E-state index is 12.7. The molecule has 0 fully saturated rings. The number of aliphatic imine (C=N–C) groups is 1. The van der Waals surface area contributed by atoms with Crippen molar-refractivity contribution in [3.63, 3.8) is 0 Å². The summed E-state index contributed by atoms with van der Waals surface area (Å²) in [5.74, 6) is 1.12. The number of para-hydroxylation sites is 2. The summed E-state index contributed by atoms with van der Waals surface area (Å²) in [5.41, 5.74) is 4.67. The monoisotopic (exact) mass is 358 g/mol. The van der Waals surface area contributed by atoms with Crippen LogP contribution in [0.3, 0.4) is 0 Å². The van der Waals surface area contributed by atoms with Crippen LogP contribution in [0.2, 0.25) is 0 Å². The Kier molecular flexibility index (Phi) is 4.59. The summed E-state index contributed by atoms with van der Waals surface area (Å²) in [5, 5.41) is 2.98. The number of amides is 1. The number of allylic oxidation sites excluding steroid dienone is 1. The molecule has 1 aromatic heterocycles. The highest BCUT2D eigenvalue weighted by molar-refractivity contribution is 5.92. The molecule has 0 aliphatic carbocycles. The molecule has 0 saturated heterocycles. The molecule has 27 heavy (non-hydrogen) atoms. The molecule has 1 N–H and O–H groups in total. The molecule has 136 valence electrons. The van der Waals surface area contributed by atoms with E-state index in [1.54, 1.807) is 0 Å². The first kappa shape index (κ1) is 17.2. The molecule has 3 aromatic rings. The summed E-state index contributed by atoms with van der Waals surface area (Å²) in [6, 6.07) is 15.8. The van der Waals surface area contributed by atoms with Crippen LogP contribution >= 0.6 is 0 Å². The minimum Gasteiger partial charge on any atom is -0.325 e. The number of hydrogen-bond donors (Lipinski definition) is 1. The average molecular weight is 358 g/mol. The van der Waals surface area contributed by atoms with E-state index in [0.29, 0.717) is 5.92 Å². The molecule has 4 rings (SSSR count). The van der Waals surface area contributed by atoms with Gasteiger partial charge < -0.3 is 9.88 Å². The second-order valence-electron chi connectivity index (χ2n) is 6.97. The molecule has 1 aliphatic heterocycles. The molecule has 0 spiro atoms. The maximum absolute atomic E-state index is 12.7. The Morgan fingerprint density at radius 3 is 2.63 bits per heavy atom. The summed E-state index contributed by atoms with van der Waals surface area (Å²) in [7, 11) is 0. The van der Waals surface area contributed by atoms with Crippen molar-refractivity contribution in [2.75, 3.05) is 5.32 Å². The standard InChI is InChI=1S/C22H22N4O/c1-15(2)16-9-11-17(12-10-16)24-21(27)14-26-20-8-4-3-6-18(20)25-22(26)19-7-5-13-23-19/h3-4,6-13,15H,5,14H2,1-2H3,(H,24,27). The fraction of sp³-hybridized carbons (Fsp3) is 0.227. The van der Waals surface area contributed by atoms with Gasteiger partial charge in [0.25, 0.3) is 0 Å². The van der Waals surface area contributed by atoms with Gasteiger partial charge in [-0.05, 0) is 41.8 Å². The molecule has 0 atom stereocenters. The Morgan fingerprint density at radius 1 is 1.15 bits per heavy atom. The smallest absolute Gasteiger partial charge is 0.244 e. The number of nitrogens with zero attached hydrogens (tertiary/aromatic N) is 3. The van der Waals surface area contributed by atoms with Crippen LogP contribution in [0.5, 0.6) is 0 Å². The lowest BCUT2D eigenvalue weighted by molar-refractivity contribution is -0.116. The quantitative estimate of drug-likeness (QED) is 0.724. The number of carbonyl (C=O) groups excluding carboxylic acids is 1. The zero-order valence-corrected chi connectivity index (χ0v) is 15.5. The lowest BCUT2D eigenvalue weighted by Gasteiger charge is -2.11. The van der Waals surface area contributed by atoms with Crippen LogP contribution in [-0.4, -0.2) is 21.7 Å². The summed E-state index contributed by atoms with van der Waals surface area (Å²) in [6.07, 6.45) is 4.68. The first-order valence-electron chi connectivity index (χ1n) is 9.20. The van der Waals surface area contributed by atoms with E-state index >= 15 is 0 Å². The van der Waals surface area contributed by atoms with Crippen molar-refractivity contribution in [3.05, 3.63) is 66.0 Å². The van der Waals surface area contributed by atoms with Crippen molar-refractivity contribution >= 4 is 34.5 Å². The Balaban J connectivity index is 1.59. The predicted octanol–water partition coefficient (Wildman–Crippen LogP) is 4.61. The second kappa shape index (κ2) is 7.19. The zero-order chi connectivity index (χ0) is 18.8. The summed E-state index contributed by atoms with van der Waals surface area (Å²) >= 11 is 0. The van der Waals surface area contributed by atoms with Crippen LogP contribution < -0.4 is 5.32 Å². The number of imidazole rings is 1. The van der Waals surface area contributed by atoms with Crippen LogP contribution in [0, 0.1) is 0 Å². The molecular formula is C22H22N4O. The molecule has 1 amide bonds. The van der Waals surface area contributed by atoms with Gasteiger partial charge in [0.15, 0.2) is 5.82 Å². The molecule has 1 aliphatic rings. The molecule has 2 heterocycles. The second-order valence-corrected chi connectivity index (χ2v) is 6.97. The third-order valence-corrected chi connectivity index (χ3v) is 4.69. The van der Waals surface area contributed by atoms with Gasteiger partial charge in [0.1, 0.15) is 12.2 Å². The van der Waals surface area contributed by atoms with E-state index in [1.165, 1.54) is 5.56 Å². The predicted molar refractivity (Wildman–Crippen MR) is 110 cm³/mol. The minimum absolute atomic E-state index is 0.0840. The molecule has 0 bridgehead atoms. The molecule has 0 saturated carbocycles. The van der Waals surface area contributed by atoms with Gasteiger partial charge in [-0.1, -0.05) is 38.1 Å². The topological polar surface area (TPSA) is 59.3 Å². The number of fused-ring (bicyclic) bond motifs is 1. The Hall–Kier alpha value is -3.21. The number of anilines is 1. The van der Waals surface area contributed by atoms with Crippen molar-refractivity contribution in [3.8, 4) is 0 Å². The third kappa shape index (κ3) is 3.53. The molecule has 5 nitrogen and oxygen atoms in total. The van der Waals surface area contributed by atoms with E-state index in [-0.39, 0.29) is 12.5 Å². The highest BCUT2D eigenvalue weighted by Gasteiger charge is 2.17. The van der Waals surface area contributed by atoms with E-state index in [2.05, 4.69) is 41.3 Å². The molecule has 0 unspecified atom stereocenters. The van der Waals surface area contributed by atoms with Gasteiger partial charge in [-0.25, -0.2) is 4.98 Å². The largest absolute Gasteiger partial charge is 0.325 e. The van der Waals surface area contributed by atoms with Crippen molar-refractivity contribution in [1.82, 2.24) is 9.55 Å². The van der Waals surface area contributed by atoms with E-state index < -0.39 is 0 Å². The molecular weight excluding hydrogens is 336 g/mol. The number of aromatic nitrogens is 2. The van der Waals surface area contributed by atoms with E-state index in [0.717, 1.165) is 34.7 Å². The fourth-order valence-corrected chi connectivity index (χ4v) is 3.24. The van der Waals surface area contributed by atoms with Crippen molar-refractivity contribution in [1.29, 1.82) is 0 Å². The van der Waals surface area contributed by atoms with E-state index in [9.17, 15) is 4.79 Å². The van der Waals surface area contributed by atoms with Gasteiger partial charge in [-0.15, -0.1) is 0 Å². The van der Waals surface area contributed by atoms with Crippen molar-refractivity contribution < 1.29 is 4.79 Å². The Morgan fingerprint density at radius 2 is 1.93 bits per heavy atom. The normalized spacial score (nSPS) is 13.4. The lowest BCUT2D eigenvalue weighted by Crippen LogP contribution is -2.20. The highest BCUT2D eigenvalue weighted by atomic mass is 16.1. The summed E-state index contributed by atoms with van der Waals surface area (Å²) in [6.45, 7) is 4.49. The third-order valence-electron chi connectivity index (χ3n) is 4.69. The van der Waals surface area contributed by atoms with Crippen molar-refractivity contribution in [2.45, 2.75) is 32.7 Å². The number of rotatable bonds is 5. The van der Waals surface area contributed by atoms with E-state index in [1.807, 2.05) is 53.3 Å². The van der Waals surface area contributed by atoms with Gasteiger partial charge >= 0.3 is 0 Å². The van der Waals surface area contributed by atoms with Crippen LogP contribution in [0.15, 0.2) is 59.6 Å². The Bertz CT molecular complexity index is 1040. The first-order chi connectivity index (χ1) is 13.1. The van der Waals surface area contributed by atoms with Gasteiger partial charge in [0.05, 0.1) is 11.0 Å². The SMILES string of the molecule is CC(C)c1ccc(NC(=O)Cn2c(C3=CCC=N3)nc3ccccc32)cc1.